The maximum absolute atomic E-state index is 12.9. The average Bonchev–Trinajstić information content (AvgIpc) is 3.33. The predicted molar refractivity (Wildman–Crippen MR) is 114 cm³/mol. The maximum atomic E-state index is 12.9. The number of hydrogen-bond donors (Lipinski definition) is 6. The Morgan fingerprint density at radius 2 is 1.97 bits per heavy atom. The second kappa shape index (κ2) is 10.8. The summed E-state index contributed by atoms with van der Waals surface area (Å²) in [4.78, 5) is 27.8. The van der Waals surface area contributed by atoms with Crippen molar-refractivity contribution >= 4 is 29.2 Å². The fraction of sp³-hybridized carbons (Fsp3) is 0.400. The lowest BCUT2D eigenvalue weighted by Crippen LogP contribution is -2.34. The van der Waals surface area contributed by atoms with Gasteiger partial charge in [0.05, 0.1) is 12.7 Å². The van der Waals surface area contributed by atoms with Crippen molar-refractivity contribution in [2.45, 2.75) is 37.4 Å². The molecule has 1 aromatic carbocycles. The molecule has 178 valence electrons. The van der Waals surface area contributed by atoms with Gasteiger partial charge in [-0.1, -0.05) is 18.2 Å². The summed E-state index contributed by atoms with van der Waals surface area (Å²) in [6.45, 7) is -1.38. The van der Waals surface area contributed by atoms with Gasteiger partial charge in [0.15, 0.2) is 13.0 Å². The molecule has 0 bridgehead atoms. The van der Waals surface area contributed by atoms with Crippen LogP contribution < -0.4 is 16.4 Å². The van der Waals surface area contributed by atoms with Crippen LogP contribution in [-0.2, 0) is 19.1 Å². The monoisotopic (exact) mass is 464 g/mol. The third-order valence-electron chi connectivity index (χ3n) is 4.92. The number of alkyl halides is 1. The van der Waals surface area contributed by atoms with Crippen molar-refractivity contribution in [1.82, 2.24) is 9.55 Å². The summed E-state index contributed by atoms with van der Waals surface area (Å²) in [5.74, 6) is -1.49. The van der Waals surface area contributed by atoms with Crippen molar-refractivity contribution in [2.24, 2.45) is 5.73 Å². The number of benzene rings is 1. The molecule has 2 aromatic rings. The van der Waals surface area contributed by atoms with E-state index in [0.29, 0.717) is 5.69 Å². The molecule has 3 rings (SSSR count). The van der Waals surface area contributed by atoms with Gasteiger partial charge in [0, 0.05) is 12.1 Å². The van der Waals surface area contributed by atoms with Crippen LogP contribution in [0.1, 0.15) is 24.8 Å². The summed E-state index contributed by atoms with van der Waals surface area (Å²) < 4.78 is 24.8. The number of nitrogens with two attached hydrogens (primary N) is 1. The molecule has 2 heterocycles. The Bertz CT molecular complexity index is 987. The third kappa shape index (κ3) is 5.83. The lowest BCUT2D eigenvalue weighted by atomic mass is 10.1. The minimum absolute atomic E-state index is 0.0108. The van der Waals surface area contributed by atoms with E-state index in [1.54, 1.807) is 30.3 Å². The van der Waals surface area contributed by atoms with Gasteiger partial charge in [0.1, 0.15) is 42.3 Å². The topological polar surface area (TPSA) is 185 Å². The Morgan fingerprint density at radius 3 is 2.64 bits per heavy atom. The lowest BCUT2D eigenvalue weighted by molar-refractivity contribution is -0.150. The SMILES string of the molecule is N=C(N)c1ncn([C@@H]2O[C@H](COC(=O)CCC(=O)Nc3ccccc3)[C@@H](O)[C@H]2O)c1NCF. The van der Waals surface area contributed by atoms with E-state index in [9.17, 15) is 24.2 Å². The summed E-state index contributed by atoms with van der Waals surface area (Å²) in [7, 11) is 0. The number of amidine groups is 1. The zero-order chi connectivity index (χ0) is 24.0. The number of carbonyl (C=O) groups is 2. The van der Waals surface area contributed by atoms with Crippen molar-refractivity contribution in [3.05, 3.63) is 42.4 Å². The first-order chi connectivity index (χ1) is 15.8. The number of esters is 1. The fourth-order valence-electron chi connectivity index (χ4n) is 3.29. The van der Waals surface area contributed by atoms with Crippen LogP contribution in [0.15, 0.2) is 36.7 Å². The zero-order valence-corrected chi connectivity index (χ0v) is 17.5. The Morgan fingerprint density at radius 1 is 1.24 bits per heavy atom. The molecule has 1 fully saturated rings. The molecule has 1 saturated heterocycles. The third-order valence-corrected chi connectivity index (χ3v) is 4.92. The number of ether oxygens (including phenoxy) is 2. The van der Waals surface area contributed by atoms with E-state index in [1.165, 1.54) is 10.9 Å². The van der Waals surface area contributed by atoms with Crippen LogP contribution in [0.4, 0.5) is 15.9 Å². The molecule has 0 aliphatic carbocycles. The van der Waals surface area contributed by atoms with Crippen molar-refractivity contribution in [3.63, 3.8) is 0 Å². The van der Waals surface area contributed by atoms with Crippen molar-refractivity contribution < 1.29 is 33.7 Å². The van der Waals surface area contributed by atoms with E-state index in [0.717, 1.165) is 0 Å². The molecule has 0 unspecified atom stereocenters. The highest BCUT2D eigenvalue weighted by atomic mass is 19.1. The highest BCUT2D eigenvalue weighted by Gasteiger charge is 2.45. The van der Waals surface area contributed by atoms with Gasteiger partial charge >= 0.3 is 5.97 Å². The average molecular weight is 464 g/mol. The summed E-state index contributed by atoms with van der Waals surface area (Å²) in [6, 6.07) is 8.76. The summed E-state index contributed by atoms with van der Waals surface area (Å²) in [5, 5.41) is 33.2. The Labute approximate surface area is 188 Å². The van der Waals surface area contributed by atoms with Crippen LogP contribution in [0.3, 0.4) is 0 Å². The molecule has 12 nitrogen and oxygen atoms in total. The summed E-state index contributed by atoms with van der Waals surface area (Å²) in [5.41, 5.74) is 5.98. The minimum atomic E-state index is -1.46. The highest BCUT2D eigenvalue weighted by molar-refractivity contribution is 5.97. The number of nitrogens with zero attached hydrogens (tertiary/aromatic N) is 2. The smallest absolute Gasteiger partial charge is 0.306 e. The highest BCUT2D eigenvalue weighted by Crippen LogP contribution is 2.33. The number of imidazole rings is 1. The minimum Gasteiger partial charge on any atom is -0.463 e. The molecule has 33 heavy (non-hydrogen) atoms. The number of rotatable bonds is 10. The van der Waals surface area contributed by atoms with Gasteiger partial charge in [0.25, 0.3) is 0 Å². The number of aromatic nitrogens is 2. The number of nitrogens with one attached hydrogen (secondary N) is 3. The molecular formula is C20H25FN6O6. The largest absolute Gasteiger partial charge is 0.463 e. The summed E-state index contributed by atoms with van der Waals surface area (Å²) >= 11 is 0. The maximum Gasteiger partial charge on any atom is 0.306 e. The molecular weight excluding hydrogens is 439 g/mol. The van der Waals surface area contributed by atoms with Crippen LogP contribution in [0, 0.1) is 5.41 Å². The number of aliphatic hydroxyl groups excluding tert-OH is 2. The quantitative estimate of drug-likeness (QED) is 0.123. The normalized spacial score (nSPS) is 22.0. The van der Waals surface area contributed by atoms with E-state index in [4.69, 9.17) is 20.6 Å². The number of carbonyl (C=O) groups excluding carboxylic acids is 2. The number of amides is 1. The molecule has 0 saturated carbocycles. The number of para-hydroxylation sites is 1. The predicted octanol–water partition coefficient (Wildman–Crippen LogP) is 0.0874. The van der Waals surface area contributed by atoms with Gasteiger partial charge in [-0.2, -0.15) is 0 Å². The van der Waals surface area contributed by atoms with Gasteiger partial charge in [-0.05, 0) is 12.1 Å². The van der Waals surface area contributed by atoms with Gasteiger partial charge < -0.3 is 36.1 Å². The Kier molecular flexibility index (Phi) is 7.92. The number of halogens is 1. The van der Waals surface area contributed by atoms with Gasteiger partial charge in [-0.15, -0.1) is 0 Å². The first-order valence-electron chi connectivity index (χ1n) is 10.0. The first kappa shape index (κ1) is 24.1. The Hall–Kier alpha value is -3.55. The van der Waals surface area contributed by atoms with E-state index in [1.807, 2.05) is 0 Å². The second-order valence-corrected chi connectivity index (χ2v) is 7.22. The molecule has 1 aromatic heterocycles. The lowest BCUT2D eigenvalue weighted by Gasteiger charge is -2.19. The molecule has 13 heteroatoms. The molecule has 1 amide bonds. The van der Waals surface area contributed by atoms with Gasteiger partial charge in [0.2, 0.25) is 5.91 Å². The van der Waals surface area contributed by atoms with Crippen molar-refractivity contribution in [2.75, 3.05) is 24.0 Å². The van der Waals surface area contributed by atoms with Crippen molar-refractivity contribution in [1.29, 1.82) is 5.41 Å². The molecule has 1 aliphatic rings. The van der Waals surface area contributed by atoms with E-state index in [-0.39, 0.29) is 36.9 Å². The van der Waals surface area contributed by atoms with Crippen LogP contribution >= 0.6 is 0 Å². The fourth-order valence-corrected chi connectivity index (χ4v) is 3.29. The van der Waals surface area contributed by atoms with Crippen LogP contribution in [0.25, 0.3) is 0 Å². The van der Waals surface area contributed by atoms with E-state index < -0.39 is 43.1 Å². The van der Waals surface area contributed by atoms with E-state index in [2.05, 4.69) is 15.6 Å². The molecule has 7 N–H and O–H groups in total. The van der Waals surface area contributed by atoms with Crippen LogP contribution in [-0.4, -0.2) is 69.2 Å². The number of hydrogen-bond acceptors (Lipinski definition) is 9. The molecule has 1 aliphatic heterocycles. The Balaban J connectivity index is 1.53. The standard InChI is InChI=1S/C20H25FN6O6/c21-9-24-19-15(18(22)23)25-10-27(19)20-17(31)16(30)12(33-20)8-32-14(29)7-6-13(28)26-11-4-2-1-3-5-11/h1-5,10,12,16-17,20,24,30-31H,6-9H2,(H3,22,23)(H,26,28)/t12-,16-,17-,20-/m1/s1. The van der Waals surface area contributed by atoms with E-state index >= 15 is 0 Å². The molecule has 4 atom stereocenters. The zero-order valence-electron chi connectivity index (χ0n) is 17.5. The van der Waals surface area contributed by atoms with Crippen LogP contribution in [0.2, 0.25) is 0 Å². The molecule has 0 radical (unpaired) electrons. The van der Waals surface area contributed by atoms with Crippen molar-refractivity contribution in [3.8, 4) is 0 Å². The number of nitrogen functional groups attached to an aromatic ring is 1. The molecule has 0 spiro atoms. The summed E-state index contributed by atoms with van der Waals surface area (Å²) in [6.07, 6.45) is -4.29. The number of aliphatic hydroxyl groups is 2. The van der Waals surface area contributed by atoms with Gasteiger partial charge in [-0.25, -0.2) is 9.37 Å². The first-order valence-corrected chi connectivity index (χ1v) is 10.0. The number of anilines is 2. The van der Waals surface area contributed by atoms with Crippen LogP contribution in [0.5, 0.6) is 0 Å². The second-order valence-electron chi connectivity index (χ2n) is 7.22. The van der Waals surface area contributed by atoms with Gasteiger partial charge in [-0.3, -0.25) is 19.6 Å².